The summed E-state index contributed by atoms with van der Waals surface area (Å²) < 4.78 is 65.7. The molecule has 1 atom stereocenters. The summed E-state index contributed by atoms with van der Waals surface area (Å²) in [5, 5.41) is 13.2. The molecule has 2 heterocycles. The van der Waals surface area contributed by atoms with Gasteiger partial charge in [0.15, 0.2) is 11.5 Å². The Labute approximate surface area is 208 Å². The first-order chi connectivity index (χ1) is 17.5. The number of aromatic hydroxyl groups is 1. The van der Waals surface area contributed by atoms with Crippen molar-refractivity contribution in [3.8, 4) is 28.7 Å². The molecule has 12 heteroatoms. The maximum Gasteiger partial charge on any atom is 0.416 e. The Hall–Kier alpha value is -4.35. The summed E-state index contributed by atoms with van der Waals surface area (Å²) in [6, 6.07) is 6.60. The number of anilines is 1. The second kappa shape index (κ2) is 9.96. The molecule has 1 amide bonds. The maximum atomic E-state index is 13.1. The van der Waals surface area contributed by atoms with Gasteiger partial charge in [0.1, 0.15) is 11.5 Å². The average molecular weight is 521 g/mol. The Morgan fingerprint density at radius 2 is 1.78 bits per heavy atom. The molecule has 0 fully saturated rings. The molecule has 0 saturated carbocycles. The number of benzene rings is 2. The standard InChI is InChI=1S/C25H22F3NO8/c1-12-8-17(30)20(24(32)37-12)15(10-19(31)29-14-6-4-13(5-7-14)25(26,27)28)16-9-18(33-2)22-23(21(16)34-3)36-11-35-22/h4-9,15,30H,10-11H2,1-3H3,(H,29,31). The number of hydrogen-bond donors (Lipinski definition) is 2. The molecule has 1 aromatic heterocycles. The van der Waals surface area contributed by atoms with Crippen LogP contribution in [0.4, 0.5) is 18.9 Å². The molecule has 2 aromatic carbocycles. The van der Waals surface area contributed by atoms with Gasteiger partial charge in [0, 0.05) is 29.7 Å². The largest absolute Gasteiger partial charge is 0.507 e. The van der Waals surface area contributed by atoms with Crippen molar-refractivity contribution in [1.82, 2.24) is 0 Å². The van der Waals surface area contributed by atoms with Crippen LogP contribution >= 0.6 is 0 Å². The number of fused-ring (bicyclic) bond motifs is 1. The van der Waals surface area contributed by atoms with E-state index in [1.165, 1.54) is 33.3 Å². The summed E-state index contributed by atoms with van der Waals surface area (Å²) in [4.78, 5) is 25.9. The highest BCUT2D eigenvalue weighted by Gasteiger charge is 2.35. The lowest BCUT2D eigenvalue weighted by atomic mass is 9.87. The monoisotopic (exact) mass is 521 g/mol. The molecule has 0 bridgehead atoms. The van der Waals surface area contributed by atoms with E-state index in [0.29, 0.717) is 0 Å². The van der Waals surface area contributed by atoms with E-state index < -0.39 is 41.4 Å². The van der Waals surface area contributed by atoms with Gasteiger partial charge in [-0.25, -0.2) is 4.79 Å². The normalized spacial score (nSPS) is 13.2. The maximum absolute atomic E-state index is 13.1. The SMILES string of the molecule is COc1cc(C(CC(=O)Nc2ccc(C(F)(F)F)cc2)c2c(O)cc(C)oc2=O)c(OC)c2c1OCO2. The molecule has 37 heavy (non-hydrogen) atoms. The van der Waals surface area contributed by atoms with Gasteiger partial charge < -0.3 is 33.8 Å². The lowest BCUT2D eigenvalue weighted by molar-refractivity contribution is -0.137. The number of aryl methyl sites for hydroxylation is 1. The Balaban J connectivity index is 1.77. The van der Waals surface area contributed by atoms with Gasteiger partial charge in [-0.05, 0) is 37.3 Å². The van der Waals surface area contributed by atoms with Crippen molar-refractivity contribution in [2.24, 2.45) is 0 Å². The smallest absolute Gasteiger partial charge is 0.416 e. The fourth-order valence-corrected chi connectivity index (χ4v) is 4.09. The van der Waals surface area contributed by atoms with Crippen molar-refractivity contribution in [2.45, 2.75) is 25.4 Å². The second-order valence-electron chi connectivity index (χ2n) is 8.09. The summed E-state index contributed by atoms with van der Waals surface area (Å²) in [7, 11) is 2.74. The number of carbonyl (C=O) groups is 1. The van der Waals surface area contributed by atoms with Gasteiger partial charge in [0.25, 0.3) is 0 Å². The van der Waals surface area contributed by atoms with Crippen LogP contribution in [0.1, 0.15) is 34.8 Å². The van der Waals surface area contributed by atoms with E-state index in [9.17, 15) is 27.9 Å². The van der Waals surface area contributed by atoms with Crippen molar-refractivity contribution in [1.29, 1.82) is 0 Å². The fraction of sp³-hybridized carbons (Fsp3) is 0.280. The number of amides is 1. The molecule has 196 valence electrons. The number of hydrogen-bond acceptors (Lipinski definition) is 8. The molecule has 0 radical (unpaired) electrons. The minimum atomic E-state index is -4.53. The Morgan fingerprint density at radius 1 is 1.11 bits per heavy atom. The summed E-state index contributed by atoms with van der Waals surface area (Å²) in [5.41, 5.74) is -1.64. The lowest BCUT2D eigenvalue weighted by Crippen LogP contribution is -2.21. The molecular weight excluding hydrogens is 499 g/mol. The highest BCUT2D eigenvalue weighted by atomic mass is 19.4. The second-order valence-corrected chi connectivity index (χ2v) is 8.09. The first-order valence-electron chi connectivity index (χ1n) is 10.9. The lowest BCUT2D eigenvalue weighted by Gasteiger charge is -2.22. The number of alkyl halides is 3. The highest BCUT2D eigenvalue weighted by Crippen LogP contribution is 2.52. The summed E-state index contributed by atoms with van der Waals surface area (Å²) in [6.07, 6.45) is -4.96. The zero-order chi connectivity index (χ0) is 26.9. The molecule has 0 aliphatic carbocycles. The quantitative estimate of drug-likeness (QED) is 0.464. The third-order valence-electron chi connectivity index (χ3n) is 5.71. The van der Waals surface area contributed by atoms with E-state index in [1.807, 2.05) is 0 Å². The molecule has 1 aliphatic heterocycles. The minimum absolute atomic E-state index is 0.104. The van der Waals surface area contributed by atoms with Gasteiger partial charge in [-0.3, -0.25) is 4.79 Å². The highest BCUT2D eigenvalue weighted by molar-refractivity contribution is 5.92. The molecule has 0 spiro atoms. The summed E-state index contributed by atoms with van der Waals surface area (Å²) in [5.74, 6) is -1.26. The molecule has 9 nitrogen and oxygen atoms in total. The zero-order valence-electron chi connectivity index (χ0n) is 19.9. The molecule has 1 aliphatic rings. The Kier molecular flexibility index (Phi) is 6.92. The van der Waals surface area contributed by atoms with Crippen LogP contribution in [0.2, 0.25) is 0 Å². The zero-order valence-corrected chi connectivity index (χ0v) is 19.9. The van der Waals surface area contributed by atoms with Gasteiger partial charge in [-0.1, -0.05) is 0 Å². The third-order valence-corrected chi connectivity index (χ3v) is 5.71. The van der Waals surface area contributed by atoms with Crippen LogP contribution in [0.25, 0.3) is 0 Å². The third kappa shape index (κ3) is 5.13. The molecule has 1 unspecified atom stereocenters. The summed E-state index contributed by atoms with van der Waals surface area (Å²) >= 11 is 0. The fourth-order valence-electron chi connectivity index (χ4n) is 4.09. The van der Waals surface area contributed by atoms with E-state index in [0.717, 1.165) is 24.3 Å². The predicted octanol–water partition coefficient (Wildman–Crippen LogP) is 4.58. The molecular formula is C25H22F3NO8. The van der Waals surface area contributed by atoms with Crippen LogP contribution in [-0.4, -0.2) is 32.0 Å². The van der Waals surface area contributed by atoms with E-state index in [4.69, 9.17) is 23.4 Å². The number of nitrogens with one attached hydrogen (secondary N) is 1. The Morgan fingerprint density at radius 3 is 2.38 bits per heavy atom. The van der Waals surface area contributed by atoms with Gasteiger partial charge in [-0.15, -0.1) is 0 Å². The minimum Gasteiger partial charge on any atom is -0.507 e. The van der Waals surface area contributed by atoms with Crippen molar-refractivity contribution in [2.75, 3.05) is 26.3 Å². The number of rotatable bonds is 7. The van der Waals surface area contributed by atoms with E-state index in [1.54, 1.807) is 0 Å². The predicted molar refractivity (Wildman–Crippen MR) is 124 cm³/mol. The molecule has 2 N–H and O–H groups in total. The number of halogens is 3. The molecule has 0 saturated heterocycles. The van der Waals surface area contributed by atoms with Gasteiger partial charge in [-0.2, -0.15) is 13.2 Å². The van der Waals surface area contributed by atoms with Crippen molar-refractivity contribution in [3.63, 3.8) is 0 Å². The van der Waals surface area contributed by atoms with Crippen LogP contribution in [0.15, 0.2) is 45.6 Å². The van der Waals surface area contributed by atoms with Crippen molar-refractivity contribution >= 4 is 11.6 Å². The molecule has 3 aromatic rings. The molecule has 4 rings (SSSR count). The van der Waals surface area contributed by atoms with Crippen molar-refractivity contribution in [3.05, 3.63) is 69.3 Å². The van der Waals surface area contributed by atoms with Crippen LogP contribution in [0.5, 0.6) is 28.7 Å². The summed E-state index contributed by atoms with van der Waals surface area (Å²) in [6.45, 7) is 1.35. The topological polar surface area (TPSA) is 116 Å². The van der Waals surface area contributed by atoms with Crippen LogP contribution < -0.4 is 29.9 Å². The van der Waals surface area contributed by atoms with Crippen LogP contribution in [-0.2, 0) is 11.0 Å². The number of ether oxygens (including phenoxy) is 4. The van der Waals surface area contributed by atoms with Crippen LogP contribution in [0, 0.1) is 6.92 Å². The number of carbonyl (C=O) groups excluding carboxylic acids is 1. The number of methoxy groups -OCH3 is 2. The van der Waals surface area contributed by atoms with Gasteiger partial charge in [0.05, 0.1) is 25.3 Å². The van der Waals surface area contributed by atoms with E-state index in [-0.39, 0.29) is 52.4 Å². The van der Waals surface area contributed by atoms with Crippen LogP contribution in [0.3, 0.4) is 0 Å². The van der Waals surface area contributed by atoms with E-state index >= 15 is 0 Å². The first-order valence-corrected chi connectivity index (χ1v) is 10.9. The average Bonchev–Trinajstić information content (AvgIpc) is 3.31. The first kappa shape index (κ1) is 25.7. The van der Waals surface area contributed by atoms with Crippen molar-refractivity contribution < 1.29 is 46.4 Å². The van der Waals surface area contributed by atoms with Gasteiger partial charge in [0.2, 0.25) is 24.2 Å². The Bertz CT molecular complexity index is 1380. The van der Waals surface area contributed by atoms with Gasteiger partial charge >= 0.3 is 11.8 Å². The van der Waals surface area contributed by atoms with E-state index in [2.05, 4.69) is 5.32 Å².